The predicted octanol–water partition coefficient (Wildman–Crippen LogP) is 6.49. The van der Waals surface area contributed by atoms with Gasteiger partial charge in [-0.25, -0.2) is 9.18 Å². The number of aryl methyl sites for hydroxylation is 1. The van der Waals surface area contributed by atoms with Gasteiger partial charge in [0.25, 0.3) is 0 Å². The van der Waals surface area contributed by atoms with Crippen molar-refractivity contribution in [2.75, 3.05) is 18.3 Å². The van der Waals surface area contributed by atoms with Crippen molar-refractivity contribution >= 4 is 69.5 Å². The Kier molecular flexibility index (Phi) is 9.82. The van der Waals surface area contributed by atoms with Crippen LogP contribution < -0.4 is 27.0 Å². The van der Waals surface area contributed by atoms with Crippen LogP contribution in [0.2, 0.25) is 10.0 Å². The summed E-state index contributed by atoms with van der Waals surface area (Å²) in [5, 5.41) is 12.4. The highest BCUT2D eigenvalue weighted by atomic mass is 35.5. The summed E-state index contributed by atoms with van der Waals surface area (Å²) >= 11 is 12.8. The van der Waals surface area contributed by atoms with Crippen molar-refractivity contribution in [3.8, 4) is 0 Å². The maximum atomic E-state index is 16.4. The van der Waals surface area contributed by atoms with E-state index in [0.29, 0.717) is 58.6 Å². The third-order valence-electron chi connectivity index (χ3n) is 15.0. The molecular weight excluding hydrogens is 860 g/mol. The number of imidazole rings is 1. The molecule has 3 saturated heterocycles. The maximum absolute atomic E-state index is 16.4. The summed E-state index contributed by atoms with van der Waals surface area (Å²) in [7, 11) is 1.55. The van der Waals surface area contributed by atoms with E-state index in [1.165, 1.54) is 15.2 Å². The lowest BCUT2D eigenvalue weighted by Crippen LogP contribution is -2.60. The minimum atomic E-state index is -2.39. The molecule has 5 amide bonds. The quantitative estimate of drug-likeness (QED) is 0.161. The number of halogens is 3. The molecule has 64 heavy (non-hydrogen) atoms. The molecule has 1 unspecified atom stereocenters. The Bertz CT molecular complexity index is 2840. The molecule has 4 aliphatic heterocycles. The van der Waals surface area contributed by atoms with Crippen LogP contribution in [0.1, 0.15) is 124 Å². The zero-order valence-electron chi connectivity index (χ0n) is 39.3. The Morgan fingerprint density at radius 2 is 1.62 bits per heavy atom. The summed E-state index contributed by atoms with van der Waals surface area (Å²) in [6.07, 6.45) is 4.64. The Morgan fingerprint density at radius 1 is 0.875 bits per heavy atom. The van der Waals surface area contributed by atoms with Gasteiger partial charge < -0.3 is 15.5 Å². The molecular formula is C48H52Cl2FN7O6. The number of imide groups is 1. The molecule has 4 aromatic rings. The van der Waals surface area contributed by atoms with Gasteiger partial charge in [0.2, 0.25) is 29.5 Å². The Labute approximate surface area is 385 Å². The van der Waals surface area contributed by atoms with Crippen LogP contribution in [0, 0.1) is 11.7 Å². The average molecular weight is 917 g/mol. The standard InChI is InChI=1S/C48H52Cl2FN7O6/c1-56-37-24-28(10-15-35(37)58(46(56)64)36-16-17-38(59)54-42(36)60)26-18-22-57(23-19-26)44(62)27-8-12-30(13-9-27)52-43(61)41-39(31-6-5-7-33(50)40(31)51)48(47(55-41)20-3-2-4-21-47)32-14-11-29(49)25-34(32)53-45(48)63/h5-7,10-11,14-15,24-27,30,36,39,41,55H,2-4,8-9,12-13,16-23H2,1H3,(H,52,61)(H,53,63)(H,54,59,60)/t27?,30?,36?,39-,41+,48+/m0/s1/i22D2,23D2. The highest BCUT2D eigenvalue weighted by Gasteiger charge is 2.72. The number of benzene rings is 3. The number of piperidine rings is 2. The van der Waals surface area contributed by atoms with Crippen molar-refractivity contribution in [2.45, 2.75) is 124 Å². The molecule has 2 spiro atoms. The molecule has 336 valence electrons. The SMILES string of the molecule is [2H]C1([2H])CC(c2ccc3c(c2)n(C)c(=O)n3C2CCC(=O)NC2=O)CC([2H])([2H])N1C(=O)C1CCC(NC(=O)[C@@H]2NC3(CCCCC3)[C@@]3(C(=O)Nc4cc(Cl)ccc43)[C@H]2c2cccc(Cl)c2F)CC1. The average Bonchev–Trinajstić information content (AvgIpc) is 3.84. The van der Waals surface area contributed by atoms with Crippen LogP contribution in [0.25, 0.3) is 11.0 Å². The first kappa shape index (κ1) is 38.2. The fourth-order valence-corrected chi connectivity index (χ4v) is 12.3. The lowest BCUT2D eigenvalue weighted by molar-refractivity contribution is -0.138. The minimum Gasteiger partial charge on any atom is -0.352 e. The number of hydrogen-bond acceptors (Lipinski definition) is 7. The first-order valence-corrected chi connectivity index (χ1v) is 23.1. The number of hydrogen-bond donors (Lipinski definition) is 4. The second-order valence-corrected chi connectivity index (χ2v) is 19.3. The summed E-state index contributed by atoms with van der Waals surface area (Å²) in [5.74, 6) is -5.52. The van der Waals surface area contributed by atoms with Crippen LogP contribution in [0.5, 0.6) is 0 Å². The van der Waals surface area contributed by atoms with Gasteiger partial charge in [-0.2, -0.15) is 0 Å². The van der Waals surface area contributed by atoms with E-state index in [0.717, 1.165) is 24.2 Å². The molecule has 3 aromatic carbocycles. The zero-order chi connectivity index (χ0) is 48.2. The van der Waals surface area contributed by atoms with Gasteiger partial charge in [0, 0.05) is 66.1 Å². The summed E-state index contributed by atoms with van der Waals surface area (Å²) < 4.78 is 55.6. The van der Waals surface area contributed by atoms with E-state index in [1.807, 2.05) is 0 Å². The van der Waals surface area contributed by atoms with Crippen molar-refractivity contribution in [1.82, 2.24) is 30.0 Å². The molecule has 16 heteroatoms. The van der Waals surface area contributed by atoms with E-state index in [2.05, 4.69) is 21.3 Å². The predicted molar refractivity (Wildman–Crippen MR) is 240 cm³/mol. The van der Waals surface area contributed by atoms with Gasteiger partial charge >= 0.3 is 5.69 Å². The summed E-state index contributed by atoms with van der Waals surface area (Å²) in [4.78, 5) is 82.5. The normalized spacial score (nSPS) is 30.6. The van der Waals surface area contributed by atoms with Crippen molar-refractivity contribution in [3.63, 3.8) is 0 Å². The van der Waals surface area contributed by atoms with Crippen LogP contribution in [-0.4, -0.2) is 74.2 Å². The van der Waals surface area contributed by atoms with E-state index < -0.39 is 95.0 Å². The second kappa shape index (κ2) is 16.4. The molecule has 10 rings (SSSR count). The Hall–Kier alpha value is -5.05. The van der Waals surface area contributed by atoms with Crippen molar-refractivity contribution in [1.29, 1.82) is 0 Å². The molecule has 0 radical (unpaired) electrons. The molecule has 0 bridgehead atoms. The van der Waals surface area contributed by atoms with E-state index in [-0.39, 0.29) is 55.0 Å². The van der Waals surface area contributed by atoms with Gasteiger partial charge in [-0.15, -0.1) is 0 Å². The van der Waals surface area contributed by atoms with Crippen molar-refractivity contribution in [3.05, 3.63) is 97.6 Å². The van der Waals surface area contributed by atoms with Crippen LogP contribution in [0.4, 0.5) is 10.1 Å². The summed E-state index contributed by atoms with van der Waals surface area (Å²) in [6.45, 7) is -4.79. The van der Waals surface area contributed by atoms with Crippen molar-refractivity contribution in [2.24, 2.45) is 13.0 Å². The smallest absolute Gasteiger partial charge is 0.329 e. The highest BCUT2D eigenvalue weighted by molar-refractivity contribution is 6.31. The Morgan fingerprint density at radius 3 is 2.36 bits per heavy atom. The fraction of sp³-hybridized carbons (Fsp3) is 0.500. The number of amides is 5. The van der Waals surface area contributed by atoms with Crippen LogP contribution >= 0.6 is 23.2 Å². The molecule has 4 atom stereocenters. The number of carbonyl (C=O) groups excluding carboxylic acids is 5. The molecule has 4 N–H and O–H groups in total. The summed E-state index contributed by atoms with van der Waals surface area (Å²) in [6, 6.07) is 12.5. The van der Waals surface area contributed by atoms with E-state index in [4.69, 9.17) is 28.7 Å². The molecule has 1 aromatic heterocycles. The molecule has 5 heterocycles. The van der Waals surface area contributed by atoms with Gasteiger partial charge in [0.15, 0.2) is 0 Å². The minimum absolute atomic E-state index is 0.0838. The van der Waals surface area contributed by atoms with E-state index in [1.54, 1.807) is 55.6 Å². The maximum Gasteiger partial charge on any atom is 0.329 e. The second-order valence-electron chi connectivity index (χ2n) is 18.4. The van der Waals surface area contributed by atoms with Crippen LogP contribution in [0.15, 0.2) is 59.4 Å². The molecule has 13 nitrogen and oxygen atoms in total. The number of aromatic nitrogens is 2. The van der Waals surface area contributed by atoms with Gasteiger partial charge in [-0.05, 0) is 111 Å². The van der Waals surface area contributed by atoms with Gasteiger partial charge in [-0.3, -0.25) is 43.7 Å². The topological polar surface area (TPSA) is 164 Å². The largest absolute Gasteiger partial charge is 0.352 e. The highest BCUT2D eigenvalue weighted by Crippen LogP contribution is 2.63. The third-order valence-corrected chi connectivity index (χ3v) is 15.6. The third kappa shape index (κ3) is 6.80. The fourth-order valence-electron chi connectivity index (χ4n) is 12.0. The molecule has 2 aliphatic carbocycles. The Balaban J connectivity index is 0.861. The van der Waals surface area contributed by atoms with E-state index >= 15 is 4.39 Å². The lowest BCUT2D eigenvalue weighted by Gasteiger charge is -2.47. The first-order valence-electron chi connectivity index (χ1n) is 24.3. The number of likely N-dealkylation sites (tertiary alicyclic amines) is 1. The monoisotopic (exact) mass is 915 g/mol. The number of rotatable bonds is 6. The van der Waals surface area contributed by atoms with E-state index in [9.17, 15) is 28.8 Å². The van der Waals surface area contributed by atoms with Crippen LogP contribution in [-0.2, 0) is 36.4 Å². The zero-order valence-corrected chi connectivity index (χ0v) is 36.8. The number of carbonyl (C=O) groups is 5. The molecule has 6 aliphatic rings. The van der Waals surface area contributed by atoms with Crippen LogP contribution in [0.3, 0.4) is 0 Å². The molecule has 2 saturated carbocycles. The summed E-state index contributed by atoms with van der Waals surface area (Å²) in [5.41, 5.74) is -0.00102. The van der Waals surface area contributed by atoms with Gasteiger partial charge in [0.1, 0.15) is 17.3 Å². The van der Waals surface area contributed by atoms with Gasteiger partial charge in [-0.1, -0.05) is 66.7 Å². The number of nitrogens with one attached hydrogen (secondary N) is 4. The first-order chi connectivity index (χ1) is 32.3. The lowest BCUT2D eigenvalue weighted by atomic mass is 9.55. The number of anilines is 1. The number of fused-ring (bicyclic) bond motifs is 4. The molecule has 5 fully saturated rings. The number of nitrogens with zero attached hydrogens (tertiary/aromatic N) is 3. The van der Waals surface area contributed by atoms with Crippen molar-refractivity contribution < 1.29 is 33.8 Å². The van der Waals surface area contributed by atoms with Gasteiger partial charge in [0.05, 0.1) is 22.1 Å².